The van der Waals surface area contributed by atoms with E-state index in [0.717, 1.165) is 38.5 Å². The third-order valence-electron chi connectivity index (χ3n) is 4.52. The van der Waals surface area contributed by atoms with Gasteiger partial charge in [-0.15, -0.1) is 0 Å². The molecule has 0 aromatic rings. The lowest BCUT2D eigenvalue weighted by atomic mass is 9.72. The molecule has 2 N–H and O–H groups in total. The zero-order valence-electron chi connectivity index (χ0n) is 12.9. The van der Waals surface area contributed by atoms with Crippen LogP contribution in [0.2, 0.25) is 0 Å². The quantitative estimate of drug-likeness (QED) is 0.565. The topological polar surface area (TPSA) is 52.3 Å². The smallest absolute Gasteiger partial charge is 0.313 e. The Morgan fingerprint density at radius 2 is 2.11 bits per heavy atom. The van der Waals surface area contributed by atoms with E-state index in [1.165, 1.54) is 19.3 Å². The molecule has 0 aromatic carbocycles. The number of ether oxygens (including phenoxy) is 1. The van der Waals surface area contributed by atoms with E-state index >= 15 is 0 Å². The summed E-state index contributed by atoms with van der Waals surface area (Å²) in [7, 11) is 0. The number of unbranched alkanes of at least 4 members (excludes halogenated alkanes) is 3. The Labute approximate surface area is 118 Å². The molecule has 1 aliphatic carbocycles. The molecule has 0 aliphatic heterocycles. The van der Waals surface area contributed by atoms with Crippen LogP contribution in [0.1, 0.15) is 78.6 Å². The van der Waals surface area contributed by atoms with Crippen LogP contribution in [0.25, 0.3) is 0 Å². The molecule has 3 unspecified atom stereocenters. The van der Waals surface area contributed by atoms with Gasteiger partial charge < -0.3 is 10.5 Å². The van der Waals surface area contributed by atoms with Gasteiger partial charge in [0.1, 0.15) is 0 Å². The second-order valence-corrected chi connectivity index (χ2v) is 6.34. The fourth-order valence-corrected chi connectivity index (χ4v) is 2.85. The molecular weight excluding hydrogens is 238 g/mol. The predicted octanol–water partition coefficient (Wildman–Crippen LogP) is 3.80. The second-order valence-electron chi connectivity index (χ2n) is 6.34. The third-order valence-corrected chi connectivity index (χ3v) is 4.52. The zero-order chi connectivity index (χ0) is 14.3. The second kappa shape index (κ2) is 7.88. The van der Waals surface area contributed by atoms with Crippen molar-refractivity contribution in [1.82, 2.24) is 0 Å². The maximum Gasteiger partial charge on any atom is 0.313 e. The van der Waals surface area contributed by atoms with Crippen molar-refractivity contribution in [3.63, 3.8) is 0 Å². The molecule has 0 aromatic heterocycles. The molecule has 112 valence electrons. The molecule has 19 heavy (non-hydrogen) atoms. The van der Waals surface area contributed by atoms with Crippen LogP contribution in [-0.4, -0.2) is 18.1 Å². The average Bonchev–Trinajstić information content (AvgIpc) is 2.38. The summed E-state index contributed by atoms with van der Waals surface area (Å²) in [4.78, 5) is 12.3. The highest BCUT2D eigenvalue weighted by molar-refractivity contribution is 5.77. The number of hydrogen-bond acceptors (Lipinski definition) is 3. The Balaban J connectivity index is 2.36. The Kier molecular flexibility index (Phi) is 6.84. The molecule has 1 rings (SSSR count). The Morgan fingerprint density at radius 1 is 1.37 bits per heavy atom. The van der Waals surface area contributed by atoms with Crippen LogP contribution in [0.15, 0.2) is 0 Å². The van der Waals surface area contributed by atoms with E-state index in [0.29, 0.717) is 0 Å². The summed E-state index contributed by atoms with van der Waals surface area (Å²) < 4.78 is 5.62. The first-order valence-electron chi connectivity index (χ1n) is 7.97. The lowest BCUT2D eigenvalue weighted by molar-refractivity contribution is -0.163. The minimum Gasteiger partial charge on any atom is -0.462 e. The van der Waals surface area contributed by atoms with Crippen molar-refractivity contribution in [3.8, 4) is 0 Å². The normalized spacial score (nSPS) is 28.9. The summed E-state index contributed by atoms with van der Waals surface area (Å²) in [5, 5.41) is 0. The molecule has 3 nitrogen and oxygen atoms in total. The molecule has 0 spiro atoms. The van der Waals surface area contributed by atoms with Crippen LogP contribution >= 0.6 is 0 Å². The lowest BCUT2D eigenvalue weighted by Gasteiger charge is -2.37. The summed E-state index contributed by atoms with van der Waals surface area (Å²) >= 11 is 0. The van der Waals surface area contributed by atoms with E-state index in [2.05, 4.69) is 6.92 Å². The molecule has 3 atom stereocenters. The summed E-state index contributed by atoms with van der Waals surface area (Å²) in [6.45, 7) is 6.18. The van der Waals surface area contributed by atoms with E-state index in [4.69, 9.17) is 10.5 Å². The van der Waals surface area contributed by atoms with Crippen LogP contribution in [0, 0.1) is 5.41 Å². The summed E-state index contributed by atoms with van der Waals surface area (Å²) in [6.07, 6.45) is 9.91. The number of carbonyl (C=O) groups excluding carboxylic acids is 1. The van der Waals surface area contributed by atoms with Crippen molar-refractivity contribution < 1.29 is 9.53 Å². The molecule has 3 heteroatoms. The van der Waals surface area contributed by atoms with Gasteiger partial charge in [0, 0.05) is 6.04 Å². The van der Waals surface area contributed by atoms with Crippen molar-refractivity contribution in [2.45, 2.75) is 90.7 Å². The van der Waals surface area contributed by atoms with Gasteiger partial charge in [-0.05, 0) is 39.5 Å². The van der Waals surface area contributed by atoms with Crippen molar-refractivity contribution in [1.29, 1.82) is 0 Å². The van der Waals surface area contributed by atoms with Crippen molar-refractivity contribution in [2.24, 2.45) is 11.1 Å². The Hall–Kier alpha value is -0.570. The van der Waals surface area contributed by atoms with E-state index < -0.39 is 5.41 Å². The highest BCUT2D eigenvalue weighted by atomic mass is 16.5. The van der Waals surface area contributed by atoms with Gasteiger partial charge in [-0.1, -0.05) is 39.0 Å². The van der Waals surface area contributed by atoms with Gasteiger partial charge in [0.15, 0.2) is 0 Å². The van der Waals surface area contributed by atoms with Crippen molar-refractivity contribution in [3.05, 3.63) is 0 Å². The van der Waals surface area contributed by atoms with E-state index in [9.17, 15) is 4.79 Å². The highest BCUT2D eigenvalue weighted by Gasteiger charge is 2.42. The van der Waals surface area contributed by atoms with Crippen LogP contribution in [0.5, 0.6) is 0 Å². The van der Waals surface area contributed by atoms with Gasteiger partial charge in [0.2, 0.25) is 0 Å². The molecule has 0 bridgehead atoms. The standard InChI is InChI=1S/C16H31NO2/c1-4-5-6-7-10-13(2)19-15(18)16(3)12-9-8-11-14(16)17/h13-14H,4-12,17H2,1-3H3. The summed E-state index contributed by atoms with van der Waals surface area (Å²) in [6, 6.07) is -0.0407. The van der Waals surface area contributed by atoms with Gasteiger partial charge >= 0.3 is 5.97 Å². The zero-order valence-corrected chi connectivity index (χ0v) is 12.9. The molecule has 1 aliphatic rings. The minimum absolute atomic E-state index is 0.0234. The van der Waals surface area contributed by atoms with Gasteiger partial charge in [-0.25, -0.2) is 0 Å². The van der Waals surface area contributed by atoms with Crippen molar-refractivity contribution in [2.75, 3.05) is 0 Å². The van der Waals surface area contributed by atoms with Crippen LogP contribution in [-0.2, 0) is 9.53 Å². The Morgan fingerprint density at radius 3 is 2.74 bits per heavy atom. The number of hydrogen-bond donors (Lipinski definition) is 1. The number of nitrogens with two attached hydrogens (primary N) is 1. The van der Waals surface area contributed by atoms with E-state index in [-0.39, 0.29) is 18.1 Å². The predicted molar refractivity (Wildman–Crippen MR) is 78.9 cm³/mol. The maximum absolute atomic E-state index is 12.3. The van der Waals surface area contributed by atoms with Gasteiger partial charge in [0.25, 0.3) is 0 Å². The van der Waals surface area contributed by atoms with E-state index in [1.54, 1.807) is 0 Å². The number of esters is 1. The minimum atomic E-state index is -0.462. The SMILES string of the molecule is CCCCCCC(C)OC(=O)C1(C)CCCCC1N. The third kappa shape index (κ3) is 4.79. The molecule has 1 saturated carbocycles. The van der Waals surface area contributed by atoms with Gasteiger partial charge in [0.05, 0.1) is 11.5 Å². The first-order chi connectivity index (χ1) is 9.00. The van der Waals surface area contributed by atoms with Crippen molar-refractivity contribution >= 4 is 5.97 Å². The monoisotopic (exact) mass is 269 g/mol. The number of carbonyl (C=O) groups is 1. The summed E-state index contributed by atoms with van der Waals surface area (Å²) in [5.74, 6) is -0.0808. The molecule has 1 fully saturated rings. The molecule has 0 saturated heterocycles. The van der Waals surface area contributed by atoms with Crippen LogP contribution in [0.4, 0.5) is 0 Å². The number of rotatable bonds is 7. The van der Waals surface area contributed by atoms with Crippen LogP contribution < -0.4 is 5.73 Å². The summed E-state index contributed by atoms with van der Waals surface area (Å²) in [5.41, 5.74) is 5.67. The fourth-order valence-electron chi connectivity index (χ4n) is 2.85. The lowest BCUT2D eigenvalue weighted by Crippen LogP contribution is -2.49. The molecule has 0 amide bonds. The van der Waals surface area contributed by atoms with E-state index in [1.807, 2.05) is 13.8 Å². The molecular formula is C16H31NO2. The van der Waals surface area contributed by atoms with Gasteiger partial charge in [-0.2, -0.15) is 0 Å². The van der Waals surface area contributed by atoms with Crippen LogP contribution in [0.3, 0.4) is 0 Å². The highest BCUT2D eigenvalue weighted by Crippen LogP contribution is 2.36. The maximum atomic E-state index is 12.3. The average molecular weight is 269 g/mol. The largest absolute Gasteiger partial charge is 0.462 e. The Bertz CT molecular complexity index is 280. The molecule has 0 heterocycles. The molecule has 0 radical (unpaired) electrons. The fraction of sp³-hybridized carbons (Fsp3) is 0.938. The first kappa shape index (κ1) is 16.5. The van der Waals surface area contributed by atoms with Gasteiger partial charge in [-0.3, -0.25) is 4.79 Å². The first-order valence-corrected chi connectivity index (χ1v) is 7.97.